The van der Waals surface area contributed by atoms with E-state index in [1.54, 1.807) is 6.07 Å². The van der Waals surface area contributed by atoms with E-state index in [0.29, 0.717) is 17.1 Å². The lowest BCUT2D eigenvalue weighted by Gasteiger charge is -2.21. The standard InChI is InChI=1S/C14H20ClNOSi/c1-10(2)9-16-14(17)13-11(15)7-6-8-12(13)18(3,4)5/h6-8H,1,9H2,2-5H3,(H,16,17). The van der Waals surface area contributed by atoms with E-state index < -0.39 is 8.07 Å². The second-order valence-electron chi connectivity index (χ2n) is 5.55. The maximum atomic E-state index is 12.2. The summed E-state index contributed by atoms with van der Waals surface area (Å²) >= 11 is 6.18. The maximum absolute atomic E-state index is 12.2. The first-order chi connectivity index (χ1) is 8.23. The molecule has 1 aromatic carbocycles. The molecule has 0 unspecified atom stereocenters. The van der Waals surface area contributed by atoms with Crippen molar-refractivity contribution >= 4 is 30.8 Å². The molecule has 0 saturated carbocycles. The van der Waals surface area contributed by atoms with Crippen LogP contribution in [0.1, 0.15) is 17.3 Å². The van der Waals surface area contributed by atoms with E-state index >= 15 is 0 Å². The number of carbonyl (C=O) groups is 1. The van der Waals surface area contributed by atoms with E-state index in [0.717, 1.165) is 10.8 Å². The van der Waals surface area contributed by atoms with Crippen molar-refractivity contribution in [3.63, 3.8) is 0 Å². The Hall–Kier alpha value is -1.06. The van der Waals surface area contributed by atoms with Crippen LogP contribution in [-0.2, 0) is 0 Å². The Bertz CT molecular complexity index is 477. The lowest BCUT2D eigenvalue weighted by molar-refractivity contribution is 0.0958. The lowest BCUT2D eigenvalue weighted by atomic mass is 10.2. The minimum absolute atomic E-state index is 0.110. The van der Waals surface area contributed by atoms with Crippen LogP contribution in [0.3, 0.4) is 0 Å². The quantitative estimate of drug-likeness (QED) is 0.666. The normalized spacial score (nSPS) is 11.2. The SMILES string of the molecule is C=C(C)CNC(=O)c1c(Cl)cccc1[Si](C)(C)C. The van der Waals surface area contributed by atoms with Crippen molar-refractivity contribution in [2.45, 2.75) is 26.6 Å². The topological polar surface area (TPSA) is 29.1 Å². The highest BCUT2D eigenvalue weighted by molar-refractivity contribution is 6.89. The second-order valence-corrected chi connectivity index (χ2v) is 11.0. The third-order valence-electron chi connectivity index (χ3n) is 2.60. The van der Waals surface area contributed by atoms with Crippen molar-refractivity contribution < 1.29 is 4.79 Å². The van der Waals surface area contributed by atoms with Crippen LogP contribution in [0.2, 0.25) is 24.7 Å². The molecule has 0 atom stereocenters. The van der Waals surface area contributed by atoms with Crippen LogP contribution >= 0.6 is 11.6 Å². The van der Waals surface area contributed by atoms with Crippen LogP contribution in [0.4, 0.5) is 0 Å². The lowest BCUT2D eigenvalue weighted by Crippen LogP contribution is -2.43. The molecule has 1 aromatic rings. The van der Waals surface area contributed by atoms with Crippen molar-refractivity contribution in [1.82, 2.24) is 5.32 Å². The highest BCUT2D eigenvalue weighted by Crippen LogP contribution is 2.17. The fourth-order valence-corrected chi connectivity index (χ4v) is 3.63. The Labute approximate surface area is 115 Å². The van der Waals surface area contributed by atoms with Gasteiger partial charge in [-0.2, -0.15) is 0 Å². The van der Waals surface area contributed by atoms with Crippen molar-refractivity contribution in [1.29, 1.82) is 0 Å². The molecule has 0 fully saturated rings. The van der Waals surface area contributed by atoms with Crippen molar-refractivity contribution in [2.24, 2.45) is 0 Å². The Morgan fingerprint density at radius 2 is 2.00 bits per heavy atom. The zero-order valence-electron chi connectivity index (χ0n) is 11.4. The fourth-order valence-electron chi connectivity index (χ4n) is 1.70. The molecule has 0 aliphatic carbocycles. The molecule has 0 aromatic heterocycles. The molecule has 4 heteroatoms. The average molecular weight is 282 g/mol. The first-order valence-corrected chi connectivity index (χ1v) is 9.83. The molecule has 0 aliphatic rings. The molecule has 0 saturated heterocycles. The molecule has 0 heterocycles. The van der Waals surface area contributed by atoms with Gasteiger partial charge in [0.05, 0.1) is 18.7 Å². The van der Waals surface area contributed by atoms with Gasteiger partial charge in [-0.15, -0.1) is 0 Å². The summed E-state index contributed by atoms with van der Waals surface area (Å²) in [5.74, 6) is -0.110. The minimum atomic E-state index is -1.60. The third kappa shape index (κ3) is 3.72. The number of carbonyl (C=O) groups excluding carboxylic acids is 1. The number of amides is 1. The van der Waals surface area contributed by atoms with Crippen molar-refractivity contribution in [3.8, 4) is 0 Å². The summed E-state index contributed by atoms with van der Waals surface area (Å²) in [6.07, 6.45) is 0. The predicted octanol–water partition coefficient (Wildman–Crippen LogP) is 3.19. The molecule has 0 radical (unpaired) electrons. The smallest absolute Gasteiger partial charge is 0.252 e. The van der Waals surface area contributed by atoms with E-state index in [2.05, 4.69) is 31.5 Å². The summed E-state index contributed by atoms with van der Waals surface area (Å²) in [6.45, 7) is 12.7. The van der Waals surface area contributed by atoms with Crippen molar-refractivity contribution in [3.05, 3.63) is 40.9 Å². The summed E-state index contributed by atoms with van der Waals surface area (Å²) in [4.78, 5) is 12.2. The van der Waals surface area contributed by atoms with Crippen LogP contribution in [0.25, 0.3) is 0 Å². The molecule has 1 N–H and O–H groups in total. The van der Waals surface area contributed by atoms with Gasteiger partial charge in [-0.3, -0.25) is 4.79 Å². The van der Waals surface area contributed by atoms with Crippen molar-refractivity contribution in [2.75, 3.05) is 6.54 Å². The summed E-state index contributed by atoms with van der Waals surface area (Å²) in [5, 5.41) is 4.47. The number of nitrogens with one attached hydrogen (secondary N) is 1. The number of rotatable bonds is 4. The van der Waals surface area contributed by atoms with Crippen LogP contribution in [0, 0.1) is 0 Å². The van der Waals surface area contributed by atoms with E-state index in [1.165, 1.54) is 0 Å². The highest BCUT2D eigenvalue weighted by atomic mass is 35.5. The summed E-state index contributed by atoms with van der Waals surface area (Å²) in [6, 6.07) is 5.68. The van der Waals surface area contributed by atoms with Gasteiger partial charge >= 0.3 is 0 Å². The van der Waals surface area contributed by atoms with Crippen LogP contribution in [0.15, 0.2) is 30.4 Å². The Morgan fingerprint density at radius 1 is 1.39 bits per heavy atom. The van der Waals surface area contributed by atoms with Gasteiger partial charge < -0.3 is 5.32 Å². The molecule has 0 bridgehead atoms. The van der Waals surface area contributed by atoms with Gasteiger partial charge in [0.1, 0.15) is 0 Å². The molecule has 0 spiro atoms. The molecular formula is C14H20ClNOSi. The largest absolute Gasteiger partial charge is 0.348 e. The summed E-state index contributed by atoms with van der Waals surface area (Å²) in [5.41, 5.74) is 1.55. The van der Waals surface area contributed by atoms with Gasteiger partial charge in [0, 0.05) is 6.54 Å². The predicted molar refractivity (Wildman–Crippen MR) is 81.6 cm³/mol. The average Bonchev–Trinajstić information content (AvgIpc) is 2.24. The Balaban J connectivity index is 3.14. The molecule has 98 valence electrons. The van der Waals surface area contributed by atoms with E-state index in [9.17, 15) is 4.79 Å². The molecule has 0 aliphatic heterocycles. The van der Waals surface area contributed by atoms with Crippen LogP contribution < -0.4 is 10.5 Å². The Morgan fingerprint density at radius 3 is 2.50 bits per heavy atom. The van der Waals surface area contributed by atoms with E-state index in [4.69, 9.17) is 11.6 Å². The molecule has 1 amide bonds. The summed E-state index contributed by atoms with van der Waals surface area (Å²) in [7, 11) is -1.60. The molecule has 1 rings (SSSR count). The molecule has 18 heavy (non-hydrogen) atoms. The zero-order valence-corrected chi connectivity index (χ0v) is 13.2. The number of halogens is 1. The molecule has 2 nitrogen and oxygen atoms in total. The number of hydrogen-bond acceptors (Lipinski definition) is 1. The second kappa shape index (κ2) is 5.72. The van der Waals surface area contributed by atoms with E-state index in [-0.39, 0.29) is 5.91 Å². The molecular weight excluding hydrogens is 262 g/mol. The number of hydrogen-bond donors (Lipinski definition) is 1. The van der Waals surface area contributed by atoms with Gasteiger partial charge in [-0.05, 0) is 18.2 Å². The maximum Gasteiger partial charge on any atom is 0.252 e. The fraction of sp³-hybridized carbons (Fsp3) is 0.357. The third-order valence-corrected chi connectivity index (χ3v) is 4.95. The zero-order chi connectivity index (χ0) is 13.9. The van der Waals surface area contributed by atoms with Gasteiger partial charge in [0.25, 0.3) is 5.91 Å². The van der Waals surface area contributed by atoms with Gasteiger partial charge in [-0.1, -0.05) is 55.5 Å². The first kappa shape index (κ1) is 15.0. The first-order valence-electron chi connectivity index (χ1n) is 5.95. The van der Waals surface area contributed by atoms with Crippen LogP contribution in [0.5, 0.6) is 0 Å². The van der Waals surface area contributed by atoms with Gasteiger partial charge in [0.2, 0.25) is 0 Å². The van der Waals surface area contributed by atoms with Gasteiger partial charge in [-0.25, -0.2) is 0 Å². The van der Waals surface area contributed by atoms with Crippen LogP contribution in [-0.4, -0.2) is 20.5 Å². The van der Waals surface area contributed by atoms with Gasteiger partial charge in [0.15, 0.2) is 0 Å². The monoisotopic (exact) mass is 281 g/mol. The Kier molecular flexibility index (Phi) is 4.76. The highest BCUT2D eigenvalue weighted by Gasteiger charge is 2.25. The summed E-state index contributed by atoms with van der Waals surface area (Å²) < 4.78 is 0. The van der Waals surface area contributed by atoms with E-state index in [1.807, 2.05) is 19.1 Å². The minimum Gasteiger partial charge on any atom is -0.348 e. The number of benzene rings is 1.